The highest BCUT2D eigenvalue weighted by Gasteiger charge is 2.40. The Kier molecular flexibility index (Phi) is 5.20. The van der Waals surface area contributed by atoms with E-state index in [-0.39, 0.29) is 29.7 Å². The van der Waals surface area contributed by atoms with Gasteiger partial charge in [-0.05, 0) is 55.7 Å². The van der Waals surface area contributed by atoms with Gasteiger partial charge in [0.15, 0.2) is 6.61 Å². The minimum absolute atomic E-state index is 0.0267. The van der Waals surface area contributed by atoms with E-state index in [2.05, 4.69) is 10.6 Å². The molecule has 2 aliphatic heterocycles. The number of rotatable bonds is 4. The van der Waals surface area contributed by atoms with Gasteiger partial charge in [-0.3, -0.25) is 9.59 Å². The Hall–Kier alpha value is -2.98. The van der Waals surface area contributed by atoms with Crippen molar-refractivity contribution in [3.63, 3.8) is 0 Å². The van der Waals surface area contributed by atoms with E-state index in [0.717, 1.165) is 0 Å². The number of ether oxygens (including phenoxy) is 1. The lowest BCUT2D eigenvalue weighted by atomic mass is 10.2. The topological polar surface area (TPSA) is 105 Å². The lowest BCUT2D eigenvalue weighted by molar-refractivity contribution is -0.119. The molecule has 1 atom stereocenters. The van der Waals surface area contributed by atoms with Gasteiger partial charge in [0.1, 0.15) is 17.6 Å². The molecule has 2 aromatic carbocycles. The smallest absolute Gasteiger partial charge is 0.262 e. The Morgan fingerprint density at radius 1 is 1.27 bits per heavy atom. The third-order valence-electron chi connectivity index (χ3n) is 5.11. The van der Waals surface area contributed by atoms with Gasteiger partial charge < -0.3 is 15.4 Å². The first-order valence-corrected chi connectivity index (χ1v) is 10.9. The van der Waals surface area contributed by atoms with Gasteiger partial charge >= 0.3 is 0 Å². The van der Waals surface area contributed by atoms with Crippen molar-refractivity contribution in [2.24, 2.45) is 0 Å². The molecule has 158 valence electrons. The first-order chi connectivity index (χ1) is 14.3. The molecule has 4 rings (SSSR count). The zero-order chi connectivity index (χ0) is 21.5. The molecular weight excluding hydrogens is 413 g/mol. The first-order valence-electron chi connectivity index (χ1n) is 9.41. The van der Waals surface area contributed by atoms with Crippen molar-refractivity contribution in [1.29, 1.82) is 0 Å². The van der Waals surface area contributed by atoms with Gasteiger partial charge in [0.2, 0.25) is 15.9 Å². The predicted molar refractivity (Wildman–Crippen MR) is 107 cm³/mol. The first kappa shape index (κ1) is 20.3. The van der Waals surface area contributed by atoms with Crippen LogP contribution in [0.4, 0.5) is 15.8 Å². The number of halogens is 1. The van der Waals surface area contributed by atoms with Crippen LogP contribution in [0.1, 0.15) is 18.4 Å². The fourth-order valence-electron chi connectivity index (χ4n) is 3.67. The van der Waals surface area contributed by atoms with Gasteiger partial charge in [0, 0.05) is 18.3 Å². The number of fused-ring (bicyclic) bond motifs is 1. The molecule has 1 fully saturated rings. The molecule has 2 aromatic rings. The molecule has 0 bridgehead atoms. The number of nitrogens with zero attached hydrogens (tertiary/aromatic N) is 1. The SMILES string of the molecule is Cc1cc2c(cc1S(=O)(=O)N1CCC[C@H]1C(=O)Nc1ccc(F)cc1)OCC(=O)N2. The lowest BCUT2D eigenvalue weighted by Gasteiger charge is -2.26. The number of hydrogen-bond donors (Lipinski definition) is 2. The summed E-state index contributed by atoms with van der Waals surface area (Å²) >= 11 is 0. The number of carbonyl (C=O) groups is 2. The second-order valence-electron chi connectivity index (χ2n) is 7.22. The highest BCUT2D eigenvalue weighted by Crippen LogP contribution is 2.36. The molecule has 0 aromatic heterocycles. The van der Waals surface area contributed by atoms with Gasteiger partial charge in [-0.15, -0.1) is 0 Å². The van der Waals surface area contributed by atoms with Crippen molar-refractivity contribution in [3.8, 4) is 5.75 Å². The van der Waals surface area contributed by atoms with Crippen molar-refractivity contribution in [2.45, 2.75) is 30.7 Å². The number of aryl methyl sites for hydroxylation is 1. The monoisotopic (exact) mass is 433 g/mol. The van der Waals surface area contributed by atoms with Gasteiger partial charge in [-0.2, -0.15) is 4.31 Å². The molecule has 0 spiro atoms. The molecule has 0 aliphatic carbocycles. The summed E-state index contributed by atoms with van der Waals surface area (Å²) in [5.41, 5.74) is 1.23. The molecule has 2 N–H and O–H groups in total. The molecular formula is C20H20FN3O5S. The van der Waals surface area contributed by atoms with Crippen LogP contribution in [0.3, 0.4) is 0 Å². The van der Waals surface area contributed by atoms with E-state index in [0.29, 0.717) is 29.8 Å². The van der Waals surface area contributed by atoms with Gasteiger partial charge in [0.05, 0.1) is 10.6 Å². The Morgan fingerprint density at radius 2 is 2.00 bits per heavy atom. The van der Waals surface area contributed by atoms with Gasteiger partial charge in [0.25, 0.3) is 5.91 Å². The molecule has 0 radical (unpaired) electrons. The van der Waals surface area contributed by atoms with Crippen LogP contribution in [0.5, 0.6) is 5.75 Å². The van der Waals surface area contributed by atoms with Crippen LogP contribution in [-0.4, -0.2) is 43.7 Å². The molecule has 1 saturated heterocycles. The summed E-state index contributed by atoms with van der Waals surface area (Å²) in [6.45, 7) is 1.64. The molecule has 2 aliphatic rings. The number of hydrogen-bond acceptors (Lipinski definition) is 5. The molecule has 30 heavy (non-hydrogen) atoms. The van der Waals surface area contributed by atoms with E-state index in [1.165, 1.54) is 34.6 Å². The fraction of sp³-hybridized carbons (Fsp3) is 0.300. The Balaban J connectivity index is 1.61. The summed E-state index contributed by atoms with van der Waals surface area (Å²) in [5.74, 6) is -0.943. The molecule has 0 unspecified atom stereocenters. The number of amides is 2. The average molecular weight is 433 g/mol. The molecule has 8 nitrogen and oxygen atoms in total. The fourth-order valence-corrected chi connectivity index (χ4v) is 5.55. The van der Waals surface area contributed by atoms with Crippen LogP contribution in [0, 0.1) is 12.7 Å². The second-order valence-corrected chi connectivity index (χ2v) is 9.08. The Bertz CT molecular complexity index is 1120. The van der Waals surface area contributed by atoms with Crippen LogP contribution in [0.2, 0.25) is 0 Å². The van der Waals surface area contributed by atoms with Crippen LogP contribution >= 0.6 is 0 Å². The Morgan fingerprint density at radius 3 is 2.73 bits per heavy atom. The highest BCUT2D eigenvalue weighted by molar-refractivity contribution is 7.89. The number of benzene rings is 2. The van der Waals surface area contributed by atoms with Crippen molar-refractivity contribution in [1.82, 2.24) is 4.31 Å². The third kappa shape index (κ3) is 3.75. The van der Waals surface area contributed by atoms with Crippen molar-refractivity contribution >= 4 is 33.2 Å². The normalized spacial score (nSPS) is 19.0. The summed E-state index contributed by atoms with van der Waals surface area (Å²) < 4.78 is 46.3. The van der Waals surface area contributed by atoms with Crippen molar-refractivity contribution in [2.75, 3.05) is 23.8 Å². The lowest BCUT2D eigenvalue weighted by Crippen LogP contribution is -2.43. The maximum Gasteiger partial charge on any atom is 0.262 e. The number of carbonyl (C=O) groups excluding carboxylic acids is 2. The van der Waals surface area contributed by atoms with E-state index in [9.17, 15) is 22.4 Å². The number of anilines is 2. The van der Waals surface area contributed by atoms with Crippen molar-refractivity contribution < 1.29 is 27.1 Å². The maximum absolute atomic E-state index is 13.4. The maximum atomic E-state index is 13.4. The van der Waals surface area contributed by atoms with Crippen molar-refractivity contribution in [3.05, 3.63) is 47.8 Å². The quantitative estimate of drug-likeness (QED) is 0.770. The average Bonchev–Trinajstić information content (AvgIpc) is 3.20. The molecule has 2 amide bonds. The van der Waals surface area contributed by atoms with Crippen LogP contribution < -0.4 is 15.4 Å². The van der Waals surface area contributed by atoms with E-state index >= 15 is 0 Å². The summed E-state index contributed by atoms with van der Waals surface area (Å²) in [6.07, 6.45) is 0.917. The van der Waals surface area contributed by atoms with Gasteiger partial charge in [-0.1, -0.05) is 0 Å². The predicted octanol–water partition coefficient (Wildman–Crippen LogP) is 2.26. The minimum atomic E-state index is -3.99. The number of nitrogens with one attached hydrogen (secondary N) is 2. The van der Waals surface area contributed by atoms with E-state index in [1.54, 1.807) is 13.0 Å². The standard InChI is InChI=1S/C20H20FN3O5S/c1-12-9-15-17(29-11-19(25)23-15)10-18(12)30(27,28)24-8-2-3-16(24)20(26)22-14-6-4-13(21)5-7-14/h4-7,9-10,16H,2-3,8,11H2,1H3,(H,22,26)(H,23,25)/t16-/m0/s1. The summed E-state index contributed by atoms with van der Waals surface area (Å²) in [6, 6.07) is 7.31. The van der Waals surface area contributed by atoms with E-state index in [1.807, 2.05) is 0 Å². The Labute approximate surface area is 173 Å². The zero-order valence-corrected chi connectivity index (χ0v) is 17.0. The summed E-state index contributed by atoms with van der Waals surface area (Å²) in [4.78, 5) is 24.3. The minimum Gasteiger partial charge on any atom is -0.482 e. The number of sulfonamides is 1. The molecule has 2 heterocycles. The van der Waals surface area contributed by atoms with Crippen LogP contribution in [-0.2, 0) is 19.6 Å². The largest absolute Gasteiger partial charge is 0.482 e. The van der Waals surface area contributed by atoms with Crippen LogP contribution in [0.25, 0.3) is 0 Å². The summed E-state index contributed by atoms with van der Waals surface area (Å²) in [7, 11) is -3.99. The van der Waals surface area contributed by atoms with Crippen LogP contribution in [0.15, 0.2) is 41.3 Å². The second kappa shape index (κ2) is 7.69. The van der Waals surface area contributed by atoms with E-state index in [4.69, 9.17) is 4.74 Å². The zero-order valence-electron chi connectivity index (χ0n) is 16.1. The summed E-state index contributed by atoms with van der Waals surface area (Å²) in [5, 5.41) is 5.29. The van der Waals surface area contributed by atoms with E-state index < -0.39 is 27.8 Å². The molecule has 0 saturated carbocycles. The highest BCUT2D eigenvalue weighted by atomic mass is 32.2. The third-order valence-corrected chi connectivity index (χ3v) is 7.16. The molecule has 10 heteroatoms. The van der Waals surface area contributed by atoms with Gasteiger partial charge in [-0.25, -0.2) is 12.8 Å².